The lowest BCUT2D eigenvalue weighted by molar-refractivity contribution is 0.601. The fourth-order valence-corrected chi connectivity index (χ4v) is 4.53. The van der Waals surface area contributed by atoms with Gasteiger partial charge < -0.3 is 10.2 Å². The van der Waals surface area contributed by atoms with E-state index in [-0.39, 0.29) is 0 Å². The number of benzene rings is 2. The molecule has 1 heterocycles. The number of nitrogens with zero attached hydrogens (tertiary/aromatic N) is 1. The van der Waals surface area contributed by atoms with E-state index in [1.165, 1.54) is 0 Å². The van der Waals surface area contributed by atoms with E-state index in [0.29, 0.717) is 10.6 Å². The molecular weight excluding hydrogens is 334 g/mol. The summed E-state index contributed by atoms with van der Waals surface area (Å²) >= 11 is 0. The monoisotopic (exact) mass is 359 g/mol. The largest absolute Gasteiger partial charge is 0.384 e. The molecule has 0 aromatic heterocycles. The molecule has 5 nitrogen and oxygen atoms in total. The maximum absolute atomic E-state index is 12.8. The summed E-state index contributed by atoms with van der Waals surface area (Å²) in [7, 11) is -3.63. The van der Waals surface area contributed by atoms with Gasteiger partial charge in [-0.2, -0.15) is 0 Å². The number of para-hydroxylation sites is 1. The van der Waals surface area contributed by atoms with E-state index in [2.05, 4.69) is 28.8 Å². The Labute approximate surface area is 150 Å². The average Bonchev–Trinajstić information content (AvgIpc) is 2.63. The molecule has 0 aliphatic carbocycles. The Morgan fingerprint density at radius 3 is 2.48 bits per heavy atom. The first-order valence-corrected chi connectivity index (χ1v) is 10.3. The second kappa shape index (κ2) is 7.35. The molecule has 1 aliphatic heterocycles. The molecule has 6 heteroatoms. The molecule has 134 valence electrons. The molecule has 2 N–H and O–H groups in total. The van der Waals surface area contributed by atoms with Crippen LogP contribution in [0.25, 0.3) is 0 Å². The predicted molar refractivity (Wildman–Crippen MR) is 104 cm³/mol. The third kappa shape index (κ3) is 3.74. The Kier molecular flexibility index (Phi) is 5.18. The number of nitrogens with one attached hydrogen (secondary N) is 2. The molecule has 0 spiro atoms. The quantitative estimate of drug-likeness (QED) is 0.826. The fourth-order valence-electron chi connectivity index (χ4n) is 3.24. The molecule has 0 fully saturated rings. The third-order valence-corrected chi connectivity index (χ3v) is 6.00. The second-order valence-electron chi connectivity index (χ2n) is 6.15. The molecule has 2 aromatic carbocycles. The van der Waals surface area contributed by atoms with Crippen molar-refractivity contribution in [2.75, 3.05) is 34.6 Å². The summed E-state index contributed by atoms with van der Waals surface area (Å²) in [5.41, 5.74) is 3.46. The van der Waals surface area contributed by atoms with Gasteiger partial charge in [0.1, 0.15) is 4.90 Å². The molecule has 0 saturated carbocycles. The number of aryl methyl sites for hydroxylation is 1. The number of sulfonamides is 1. The summed E-state index contributed by atoms with van der Waals surface area (Å²) < 4.78 is 28.4. The van der Waals surface area contributed by atoms with Crippen LogP contribution >= 0.6 is 0 Å². The maximum Gasteiger partial charge on any atom is 0.263 e. The lowest BCUT2D eigenvalue weighted by Crippen LogP contribution is -2.22. The van der Waals surface area contributed by atoms with Crippen LogP contribution in [0.15, 0.2) is 47.4 Å². The first-order chi connectivity index (χ1) is 12.0. The molecule has 0 unspecified atom stereocenters. The van der Waals surface area contributed by atoms with Crippen molar-refractivity contribution in [2.24, 2.45) is 0 Å². The Bertz CT molecular complexity index is 828. The van der Waals surface area contributed by atoms with Gasteiger partial charge in [-0.05, 0) is 62.6 Å². The number of rotatable bonds is 6. The van der Waals surface area contributed by atoms with E-state index in [1.807, 2.05) is 36.4 Å². The van der Waals surface area contributed by atoms with Gasteiger partial charge in [0.15, 0.2) is 0 Å². The van der Waals surface area contributed by atoms with Gasteiger partial charge in [-0.15, -0.1) is 0 Å². The minimum atomic E-state index is -3.63. The SMILES string of the molecule is CCN(CC)c1ccc(NS(=O)(=O)c2cccc3c2NCCC3)cc1. The van der Waals surface area contributed by atoms with Crippen molar-refractivity contribution in [1.82, 2.24) is 0 Å². The summed E-state index contributed by atoms with van der Waals surface area (Å²) in [5.74, 6) is 0. The number of hydrogen-bond acceptors (Lipinski definition) is 4. The Morgan fingerprint density at radius 1 is 1.08 bits per heavy atom. The van der Waals surface area contributed by atoms with Crippen molar-refractivity contribution >= 4 is 27.1 Å². The Morgan fingerprint density at radius 2 is 1.80 bits per heavy atom. The summed E-state index contributed by atoms with van der Waals surface area (Å²) in [6.07, 6.45) is 1.93. The van der Waals surface area contributed by atoms with Crippen LogP contribution in [0.5, 0.6) is 0 Å². The van der Waals surface area contributed by atoms with Crippen molar-refractivity contribution in [3.05, 3.63) is 48.0 Å². The van der Waals surface area contributed by atoms with E-state index >= 15 is 0 Å². The van der Waals surface area contributed by atoms with Crippen LogP contribution in [0, 0.1) is 0 Å². The summed E-state index contributed by atoms with van der Waals surface area (Å²) in [6, 6.07) is 13.0. The van der Waals surface area contributed by atoms with E-state index in [4.69, 9.17) is 0 Å². The summed E-state index contributed by atoms with van der Waals surface area (Å²) in [4.78, 5) is 2.54. The smallest absolute Gasteiger partial charge is 0.263 e. The van der Waals surface area contributed by atoms with Gasteiger partial charge in [-0.3, -0.25) is 4.72 Å². The fraction of sp³-hybridized carbons (Fsp3) is 0.368. The third-order valence-electron chi connectivity index (χ3n) is 4.57. The molecule has 1 aliphatic rings. The Hall–Kier alpha value is -2.21. The van der Waals surface area contributed by atoms with Crippen LogP contribution < -0.4 is 14.9 Å². The molecular formula is C19H25N3O2S. The van der Waals surface area contributed by atoms with Gasteiger partial charge in [-0.1, -0.05) is 12.1 Å². The molecule has 0 atom stereocenters. The highest BCUT2D eigenvalue weighted by molar-refractivity contribution is 7.92. The van der Waals surface area contributed by atoms with Crippen LogP contribution in [0.2, 0.25) is 0 Å². The summed E-state index contributed by atoms with van der Waals surface area (Å²) in [6.45, 7) is 6.85. The van der Waals surface area contributed by atoms with Crippen LogP contribution in [-0.2, 0) is 16.4 Å². The molecule has 3 rings (SSSR count). The lowest BCUT2D eigenvalue weighted by Gasteiger charge is -2.22. The van der Waals surface area contributed by atoms with Crippen molar-refractivity contribution in [3.63, 3.8) is 0 Å². The first kappa shape index (κ1) is 17.6. The van der Waals surface area contributed by atoms with E-state index < -0.39 is 10.0 Å². The van der Waals surface area contributed by atoms with Gasteiger partial charge in [0.2, 0.25) is 0 Å². The second-order valence-corrected chi connectivity index (χ2v) is 7.80. The van der Waals surface area contributed by atoms with Gasteiger partial charge in [-0.25, -0.2) is 8.42 Å². The zero-order chi connectivity index (χ0) is 17.9. The van der Waals surface area contributed by atoms with Crippen molar-refractivity contribution in [1.29, 1.82) is 0 Å². The highest BCUT2D eigenvalue weighted by Crippen LogP contribution is 2.31. The predicted octanol–water partition coefficient (Wildman–Crippen LogP) is 3.69. The van der Waals surface area contributed by atoms with E-state index in [1.54, 1.807) is 6.07 Å². The lowest BCUT2D eigenvalue weighted by atomic mass is 10.0. The van der Waals surface area contributed by atoms with Gasteiger partial charge in [0, 0.05) is 31.0 Å². The van der Waals surface area contributed by atoms with Gasteiger partial charge in [0.05, 0.1) is 5.69 Å². The molecule has 0 radical (unpaired) electrons. The van der Waals surface area contributed by atoms with Crippen molar-refractivity contribution in [3.8, 4) is 0 Å². The average molecular weight is 359 g/mol. The molecule has 0 saturated heterocycles. The normalized spacial score (nSPS) is 13.7. The number of anilines is 3. The maximum atomic E-state index is 12.8. The van der Waals surface area contributed by atoms with Crippen LogP contribution in [-0.4, -0.2) is 28.1 Å². The van der Waals surface area contributed by atoms with Gasteiger partial charge in [0.25, 0.3) is 10.0 Å². The van der Waals surface area contributed by atoms with Gasteiger partial charge >= 0.3 is 0 Å². The van der Waals surface area contributed by atoms with E-state index in [0.717, 1.165) is 49.4 Å². The Balaban J connectivity index is 1.85. The minimum Gasteiger partial charge on any atom is -0.384 e. The van der Waals surface area contributed by atoms with Crippen LogP contribution in [0.4, 0.5) is 17.1 Å². The topological polar surface area (TPSA) is 61.4 Å². The number of fused-ring (bicyclic) bond motifs is 1. The van der Waals surface area contributed by atoms with Crippen LogP contribution in [0.1, 0.15) is 25.8 Å². The molecule has 2 aromatic rings. The first-order valence-electron chi connectivity index (χ1n) is 8.78. The highest BCUT2D eigenvalue weighted by Gasteiger charge is 2.22. The van der Waals surface area contributed by atoms with Crippen molar-refractivity contribution in [2.45, 2.75) is 31.6 Å². The summed E-state index contributed by atoms with van der Waals surface area (Å²) in [5, 5.41) is 3.24. The zero-order valence-corrected chi connectivity index (χ0v) is 15.6. The standard InChI is InChI=1S/C19H25N3O2S/c1-3-22(4-2)17-12-10-16(11-13-17)21-25(23,24)18-9-5-7-15-8-6-14-20-19(15)18/h5,7,9-13,20-21H,3-4,6,8,14H2,1-2H3. The van der Waals surface area contributed by atoms with Crippen LogP contribution in [0.3, 0.4) is 0 Å². The highest BCUT2D eigenvalue weighted by atomic mass is 32.2. The molecule has 0 bridgehead atoms. The minimum absolute atomic E-state index is 0.317. The van der Waals surface area contributed by atoms with Crippen molar-refractivity contribution < 1.29 is 8.42 Å². The zero-order valence-electron chi connectivity index (χ0n) is 14.7. The van der Waals surface area contributed by atoms with E-state index in [9.17, 15) is 8.42 Å². The molecule has 0 amide bonds. The molecule has 25 heavy (non-hydrogen) atoms. The number of hydrogen-bond donors (Lipinski definition) is 2.